The molecule has 11 heteroatoms. The Kier molecular flexibility index (Phi) is 9.64. The number of ether oxygens (including phenoxy) is 3. The fourth-order valence-electron chi connectivity index (χ4n) is 5.02. The third-order valence-electron chi connectivity index (χ3n) is 6.99. The van der Waals surface area contributed by atoms with Crippen molar-refractivity contribution in [3.8, 4) is 12.3 Å². The van der Waals surface area contributed by atoms with Crippen LogP contribution in [0, 0.1) is 12.3 Å². The zero-order valence-corrected chi connectivity index (χ0v) is 23.2. The highest BCUT2D eigenvalue weighted by atomic mass is 16.6. The molecule has 3 heterocycles. The number of anilines is 1. The highest BCUT2D eigenvalue weighted by Gasteiger charge is 2.33. The molecule has 1 aliphatic heterocycles. The monoisotopic (exact) mass is 540 g/mol. The lowest BCUT2D eigenvalue weighted by atomic mass is 10.0. The van der Waals surface area contributed by atoms with Crippen molar-refractivity contribution >= 4 is 17.8 Å². The van der Waals surface area contributed by atoms with Gasteiger partial charge in [-0.05, 0) is 58.9 Å². The smallest absolute Gasteiger partial charge is 0.410 e. The first kappa shape index (κ1) is 28.6. The zero-order valence-electron chi connectivity index (χ0n) is 23.2. The third-order valence-corrected chi connectivity index (χ3v) is 6.99. The number of hydrogen-bond donors (Lipinski definition) is 1. The van der Waals surface area contributed by atoms with Crippen LogP contribution in [0.5, 0.6) is 0 Å². The molecule has 1 N–H and O–H groups in total. The quantitative estimate of drug-likeness (QED) is 0.342. The average Bonchev–Trinajstić information content (AvgIpc) is 3.70. The number of carbonyl (C=O) groups is 2. The molecule has 4 rings (SSSR count). The third kappa shape index (κ3) is 7.61. The van der Waals surface area contributed by atoms with Crippen molar-refractivity contribution in [1.29, 1.82) is 0 Å². The van der Waals surface area contributed by atoms with Crippen molar-refractivity contribution in [3.63, 3.8) is 0 Å². The van der Waals surface area contributed by atoms with Gasteiger partial charge < -0.3 is 24.4 Å². The summed E-state index contributed by atoms with van der Waals surface area (Å²) >= 11 is 0. The summed E-state index contributed by atoms with van der Waals surface area (Å²) in [5.41, 5.74) is 0.977. The molecule has 0 aromatic carbocycles. The van der Waals surface area contributed by atoms with Gasteiger partial charge in [0.25, 0.3) is 5.91 Å². The first-order valence-corrected chi connectivity index (χ1v) is 13.7. The summed E-state index contributed by atoms with van der Waals surface area (Å²) in [5, 5.41) is 12.2. The van der Waals surface area contributed by atoms with Gasteiger partial charge in [0.1, 0.15) is 24.2 Å². The van der Waals surface area contributed by atoms with Crippen LogP contribution in [-0.4, -0.2) is 82.1 Å². The number of nitrogens with zero attached hydrogens (tertiary/aromatic N) is 5. The van der Waals surface area contributed by atoms with Crippen molar-refractivity contribution in [2.24, 2.45) is 0 Å². The van der Waals surface area contributed by atoms with Crippen LogP contribution in [0.15, 0.2) is 18.3 Å². The topological polar surface area (TPSA) is 113 Å². The van der Waals surface area contributed by atoms with Crippen LogP contribution in [0.3, 0.4) is 0 Å². The number of amides is 2. The van der Waals surface area contributed by atoms with Crippen LogP contribution in [0.25, 0.3) is 0 Å². The molecule has 1 aliphatic carbocycles. The molecule has 1 saturated carbocycles. The van der Waals surface area contributed by atoms with Gasteiger partial charge in [-0.2, -0.15) is 10.2 Å². The highest BCUT2D eigenvalue weighted by Crippen LogP contribution is 2.37. The SMILES string of the molecule is C#CCOCCOCCn1nccc1C(=O)Nc1cc([C@H]2CC[C@@H](OC(=O)N3CCCC3)C2)nn1C(C)(C)C. The number of carbonyl (C=O) groups excluding carboxylic acids is 2. The minimum absolute atomic E-state index is 0.110. The molecule has 39 heavy (non-hydrogen) atoms. The molecule has 2 fully saturated rings. The molecule has 0 unspecified atom stereocenters. The lowest BCUT2D eigenvalue weighted by Crippen LogP contribution is -2.31. The standard InChI is InChI=1S/C28H40N6O5/c1-5-15-37-17-18-38-16-14-33-24(10-11-29-33)26(35)30-25-20-23(31-34(25)28(2,3)4)21-8-9-22(19-21)39-27(36)32-12-6-7-13-32/h1,10-11,20-22H,6-9,12-19H2,2-4H3,(H,30,35)/t21-,22+/m0/s1. The van der Waals surface area contributed by atoms with Crippen molar-refractivity contribution < 1.29 is 23.8 Å². The molecule has 2 aromatic heterocycles. The Morgan fingerprint density at radius 3 is 2.67 bits per heavy atom. The first-order valence-electron chi connectivity index (χ1n) is 13.7. The van der Waals surface area contributed by atoms with Gasteiger partial charge in [0.2, 0.25) is 0 Å². The molecule has 212 valence electrons. The van der Waals surface area contributed by atoms with Gasteiger partial charge in [-0.15, -0.1) is 6.42 Å². The van der Waals surface area contributed by atoms with E-state index in [2.05, 4.69) is 16.3 Å². The summed E-state index contributed by atoms with van der Waals surface area (Å²) in [6.07, 6.45) is 10.9. The van der Waals surface area contributed by atoms with Crippen LogP contribution in [0.2, 0.25) is 0 Å². The number of rotatable bonds is 11. The van der Waals surface area contributed by atoms with Gasteiger partial charge >= 0.3 is 6.09 Å². The number of aromatic nitrogens is 4. The lowest BCUT2D eigenvalue weighted by Gasteiger charge is -2.22. The molecule has 2 amide bonds. The summed E-state index contributed by atoms with van der Waals surface area (Å²) < 4.78 is 20.0. The van der Waals surface area contributed by atoms with Gasteiger partial charge in [0, 0.05) is 31.3 Å². The second-order valence-corrected chi connectivity index (χ2v) is 11.0. The van der Waals surface area contributed by atoms with Crippen molar-refractivity contribution in [3.05, 3.63) is 29.7 Å². The number of terminal acetylenes is 1. The highest BCUT2D eigenvalue weighted by molar-refractivity contribution is 6.02. The fraction of sp³-hybridized carbons (Fsp3) is 0.643. The molecule has 2 aliphatic rings. The van der Waals surface area contributed by atoms with Gasteiger partial charge in [-0.1, -0.05) is 5.92 Å². The van der Waals surface area contributed by atoms with Gasteiger partial charge in [0.15, 0.2) is 0 Å². The van der Waals surface area contributed by atoms with Gasteiger partial charge in [-0.25, -0.2) is 9.48 Å². The predicted octanol–water partition coefficient (Wildman–Crippen LogP) is 3.62. The van der Waals surface area contributed by atoms with Crippen LogP contribution in [0.4, 0.5) is 10.6 Å². The molecule has 2 aromatic rings. The largest absolute Gasteiger partial charge is 0.446 e. The second kappa shape index (κ2) is 13.1. The molecule has 11 nitrogen and oxygen atoms in total. The molecule has 1 saturated heterocycles. The first-order chi connectivity index (χ1) is 18.8. The molecule has 2 atom stereocenters. The molecule has 0 spiro atoms. The summed E-state index contributed by atoms with van der Waals surface area (Å²) in [6.45, 7) is 9.59. The normalized spacial score (nSPS) is 19.3. The summed E-state index contributed by atoms with van der Waals surface area (Å²) in [6, 6.07) is 3.62. The Hall–Kier alpha value is -3.36. The van der Waals surface area contributed by atoms with E-state index in [1.54, 1.807) is 21.8 Å². The van der Waals surface area contributed by atoms with Crippen LogP contribution in [-0.2, 0) is 26.3 Å². The Labute approximate surface area is 230 Å². The zero-order chi connectivity index (χ0) is 27.8. The van der Waals surface area contributed by atoms with E-state index in [4.69, 9.17) is 25.7 Å². The van der Waals surface area contributed by atoms with E-state index in [1.807, 2.05) is 31.5 Å². The minimum Gasteiger partial charge on any atom is -0.446 e. The van der Waals surface area contributed by atoms with Crippen LogP contribution >= 0.6 is 0 Å². The molecular weight excluding hydrogens is 500 g/mol. The van der Waals surface area contributed by atoms with Gasteiger partial charge in [0.05, 0.1) is 37.6 Å². The second-order valence-electron chi connectivity index (χ2n) is 11.0. The Balaban J connectivity index is 1.36. The number of nitrogens with one attached hydrogen (secondary N) is 1. The van der Waals surface area contributed by atoms with E-state index in [-0.39, 0.29) is 36.2 Å². The van der Waals surface area contributed by atoms with Gasteiger partial charge in [-0.3, -0.25) is 9.48 Å². The van der Waals surface area contributed by atoms with E-state index >= 15 is 0 Å². The number of likely N-dealkylation sites (tertiary alicyclic amines) is 1. The van der Waals surface area contributed by atoms with E-state index in [0.29, 0.717) is 37.9 Å². The van der Waals surface area contributed by atoms with E-state index in [0.717, 1.165) is 50.9 Å². The van der Waals surface area contributed by atoms with E-state index in [9.17, 15) is 9.59 Å². The Bertz CT molecular complexity index is 1150. The molecule has 0 radical (unpaired) electrons. The average molecular weight is 541 g/mol. The number of hydrogen-bond acceptors (Lipinski definition) is 7. The van der Waals surface area contributed by atoms with Crippen LogP contribution < -0.4 is 5.32 Å². The van der Waals surface area contributed by atoms with E-state index in [1.165, 1.54) is 0 Å². The van der Waals surface area contributed by atoms with Crippen molar-refractivity contribution in [2.75, 3.05) is 44.8 Å². The molecular formula is C28H40N6O5. The maximum absolute atomic E-state index is 13.3. The van der Waals surface area contributed by atoms with E-state index < -0.39 is 0 Å². The van der Waals surface area contributed by atoms with Crippen molar-refractivity contribution in [2.45, 2.75) is 77.0 Å². The maximum Gasteiger partial charge on any atom is 0.410 e. The minimum atomic E-state index is -0.351. The Morgan fingerprint density at radius 2 is 1.92 bits per heavy atom. The molecule has 0 bridgehead atoms. The lowest BCUT2D eigenvalue weighted by molar-refractivity contribution is 0.0552. The summed E-state index contributed by atoms with van der Waals surface area (Å²) in [7, 11) is 0. The van der Waals surface area contributed by atoms with Crippen LogP contribution in [0.1, 0.15) is 75.0 Å². The van der Waals surface area contributed by atoms with Crippen molar-refractivity contribution in [1.82, 2.24) is 24.5 Å². The Morgan fingerprint density at radius 1 is 1.15 bits per heavy atom. The summed E-state index contributed by atoms with van der Waals surface area (Å²) in [4.78, 5) is 27.5. The maximum atomic E-state index is 13.3. The predicted molar refractivity (Wildman–Crippen MR) is 146 cm³/mol. The fourth-order valence-corrected chi connectivity index (χ4v) is 5.02. The summed E-state index contributed by atoms with van der Waals surface area (Å²) in [5.74, 6) is 2.91.